The number of nitrogens with zero attached hydrogens (tertiary/aromatic N) is 3. The third-order valence-electron chi connectivity index (χ3n) is 2.26. The Balaban J connectivity index is 2.98. The number of rotatable bonds is 7. The van der Waals surface area contributed by atoms with Gasteiger partial charge in [0, 0.05) is 6.54 Å². The van der Waals surface area contributed by atoms with Gasteiger partial charge in [0.1, 0.15) is 5.69 Å². The zero-order valence-corrected chi connectivity index (χ0v) is 10.2. The standard InChI is InChI=1S/C10H18N4O3/c1-3-6-13-10(17-7-4-5-11)9(14(15)16)8(2)12-13/h3-7,11H2,1-2H3. The van der Waals surface area contributed by atoms with Gasteiger partial charge in [-0.2, -0.15) is 5.10 Å². The fraction of sp³-hybridized carbons (Fsp3) is 0.700. The third kappa shape index (κ3) is 3.16. The molecule has 0 saturated heterocycles. The van der Waals surface area contributed by atoms with Gasteiger partial charge in [0.25, 0.3) is 5.88 Å². The van der Waals surface area contributed by atoms with Gasteiger partial charge < -0.3 is 10.5 Å². The highest BCUT2D eigenvalue weighted by molar-refractivity contribution is 5.45. The first-order chi connectivity index (χ1) is 8.11. The van der Waals surface area contributed by atoms with E-state index < -0.39 is 4.92 Å². The summed E-state index contributed by atoms with van der Waals surface area (Å²) in [7, 11) is 0. The van der Waals surface area contributed by atoms with Crippen LogP contribution in [0.4, 0.5) is 5.69 Å². The summed E-state index contributed by atoms with van der Waals surface area (Å²) in [6.07, 6.45) is 1.50. The van der Waals surface area contributed by atoms with Gasteiger partial charge >= 0.3 is 5.69 Å². The van der Waals surface area contributed by atoms with Crippen molar-refractivity contribution in [1.29, 1.82) is 0 Å². The van der Waals surface area contributed by atoms with Crippen LogP contribution in [0, 0.1) is 17.0 Å². The maximum absolute atomic E-state index is 10.9. The molecule has 0 radical (unpaired) electrons. The Morgan fingerprint density at radius 1 is 1.59 bits per heavy atom. The molecule has 2 N–H and O–H groups in total. The van der Waals surface area contributed by atoms with Crippen LogP contribution in [0.1, 0.15) is 25.5 Å². The van der Waals surface area contributed by atoms with E-state index in [-0.39, 0.29) is 11.6 Å². The van der Waals surface area contributed by atoms with Crippen LogP contribution in [0.3, 0.4) is 0 Å². The molecular weight excluding hydrogens is 224 g/mol. The van der Waals surface area contributed by atoms with E-state index >= 15 is 0 Å². The molecule has 1 aromatic rings. The van der Waals surface area contributed by atoms with E-state index in [2.05, 4.69) is 5.10 Å². The van der Waals surface area contributed by atoms with Crippen LogP contribution < -0.4 is 10.5 Å². The van der Waals surface area contributed by atoms with Crippen molar-refractivity contribution < 1.29 is 9.66 Å². The van der Waals surface area contributed by atoms with Gasteiger partial charge in [-0.3, -0.25) is 10.1 Å². The molecule has 0 aromatic carbocycles. The van der Waals surface area contributed by atoms with E-state index in [9.17, 15) is 10.1 Å². The Morgan fingerprint density at radius 2 is 2.29 bits per heavy atom. The molecule has 0 amide bonds. The molecule has 0 fully saturated rings. The Morgan fingerprint density at radius 3 is 2.82 bits per heavy atom. The van der Waals surface area contributed by atoms with Crippen molar-refractivity contribution in [3.63, 3.8) is 0 Å². The number of hydrogen-bond acceptors (Lipinski definition) is 5. The first-order valence-electron chi connectivity index (χ1n) is 5.66. The van der Waals surface area contributed by atoms with Gasteiger partial charge in [-0.1, -0.05) is 6.92 Å². The SMILES string of the molecule is CCCn1nc(C)c([N+](=O)[O-])c1OCCCN. The van der Waals surface area contributed by atoms with Gasteiger partial charge in [-0.15, -0.1) is 0 Å². The fourth-order valence-electron chi connectivity index (χ4n) is 1.52. The summed E-state index contributed by atoms with van der Waals surface area (Å²) in [6, 6.07) is 0. The monoisotopic (exact) mass is 242 g/mol. The maximum atomic E-state index is 10.9. The number of aromatic nitrogens is 2. The van der Waals surface area contributed by atoms with Gasteiger partial charge in [0.15, 0.2) is 0 Å². The van der Waals surface area contributed by atoms with Gasteiger partial charge in [0.05, 0.1) is 11.5 Å². The normalized spacial score (nSPS) is 10.5. The highest BCUT2D eigenvalue weighted by Gasteiger charge is 2.26. The van der Waals surface area contributed by atoms with Crippen LogP contribution in [-0.4, -0.2) is 27.9 Å². The highest BCUT2D eigenvalue weighted by Crippen LogP contribution is 2.30. The zero-order valence-electron chi connectivity index (χ0n) is 10.2. The number of nitrogens with two attached hydrogens (primary N) is 1. The Kier molecular flexibility index (Phi) is 4.89. The van der Waals surface area contributed by atoms with Crippen LogP contribution in [-0.2, 0) is 6.54 Å². The Hall–Kier alpha value is -1.63. The lowest BCUT2D eigenvalue weighted by atomic mass is 10.4. The molecule has 0 aliphatic rings. The first kappa shape index (κ1) is 13.4. The number of hydrogen-bond donors (Lipinski definition) is 1. The Labute approximate surface area is 99.7 Å². The molecule has 1 heterocycles. The predicted octanol–water partition coefficient (Wildman–Crippen LogP) is 1.24. The largest absolute Gasteiger partial charge is 0.473 e. The van der Waals surface area contributed by atoms with Crippen molar-refractivity contribution in [2.24, 2.45) is 5.73 Å². The minimum atomic E-state index is -0.452. The van der Waals surface area contributed by atoms with Crippen LogP contribution in [0.25, 0.3) is 0 Å². The third-order valence-corrected chi connectivity index (χ3v) is 2.26. The summed E-state index contributed by atoms with van der Waals surface area (Å²) in [5.74, 6) is 0.239. The molecule has 1 aromatic heterocycles. The summed E-state index contributed by atoms with van der Waals surface area (Å²) >= 11 is 0. The van der Waals surface area contributed by atoms with E-state index in [0.29, 0.717) is 31.8 Å². The number of nitro groups is 1. The van der Waals surface area contributed by atoms with Crippen LogP contribution in [0.15, 0.2) is 0 Å². The molecule has 0 spiro atoms. The van der Waals surface area contributed by atoms with Crippen molar-refractivity contribution in [2.75, 3.05) is 13.2 Å². The molecular formula is C10H18N4O3. The summed E-state index contributed by atoms with van der Waals surface area (Å²) in [5.41, 5.74) is 5.69. The number of aryl methyl sites for hydroxylation is 2. The predicted molar refractivity (Wildman–Crippen MR) is 63.1 cm³/mol. The van der Waals surface area contributed by atoms with E-state index in [1.54, 1.807) is 11.6 Å². The van der Waals surface area contributed by atoms with Crippen molar-refractivity contribution in [2.45, 2.75) is 33.2 Å². The molecule has 0 unspecified atom stereocenters. The molecule has 17 heavy (non-hydrogen) atoms. The van der Waals surface area contributed by atoms with Crippen LogP contribution >= 0.6 is 0 Å². The molecule has 0 aliphatic carbocycles. The van der Waals surface area contributed by atoms with Crippen molar-refractivity contribution >= 4 is 5.69 Å². The zero-order chi connectivity index (χ0) is 12.8. The molecule has 0 aliphatic heterocycles. The van der Waals surface area contributed by atoms with Crippen molar-refractivity contribution in [1.82, 2.24) is 9.78 Å². The maximum Gasteiger partial charge on any atom is 0.353 e. The molecule has 1 rings (SSSR count). The summed E-state index contributed by atoms with van der Waals surface area (Å²) in [6.45, 7) is 5.06. The topological polar surface area (TPSA) is 96.2 Å². The quantitative estimate of drug-likeness (QED) is 0.441. The summed E-state index contributed by atoms with van der Waals surface area (Å²) < 4.78 is 6.97. The van der Waals surface area contributed by atoms with Crippen LogP contribution in [0.5, 0.6) is 5.88 Å². The second kappa shape index (κ2) is 6.19. The molecule has 0 atom stereocenters. The lowest BCUT2D eigenvalue weighted by Gasteiger charge is -2.06. The fourth-order valence-corrected chi connectivity index (χ4v) is 1.52. The smallest absolute Gasteiger partial charge is 0.353 e. The second-order valence-corrected chi connectivity index (χ2v) is 3.71. The molecule has 7 heteroatoms. The van der Waals surface area contributed by atoms with E-state index in [4.69, 9.17) is 10.5 Å². The van der Waals surface area contributed by atoms with E-state index in [1.807, 2.05) is 6.92 Å². The number of ether oxygens (including phenoxy) is 1. The summed E-state index contributed by atoms with van der Waals surface area (Å²) in [4.78, 5) is 10.5. The average molecular weight is 242 g/mol. The minimum Gasteiger partial charge on any atom is -0.473 e. The Bertz CT molecular complexity index is 389. The average Bonchev–Trinajstić information content (AvgIpc) is 2.56. The van der Waals surface area contributed by atoms with Gasteiger partial charge in [-0.05, 0) is 26.3 Å². The molecule has 0 saturated carbocycles. The second-order valence-electron chi connectivity index (χ2n) is 3.71. The first-order valence-corrected chi connectivity index (χ1v) is 5.66. The van der Waals surface area contributed by atoms with Gasteiger partial charge in [-0.25, -0.2) is 4.68 Å². The molecule has 96 valence electrons. The lowest BCUT2D eigenvalue weighted by Crippen LogP contribution is -2.10. The van der Waals surface area contributed by atoms with Crippen molar-refractivity contribution in [3.8, 4) is 5.88 Å². The van der Waals surface area contributed by atoms with Gasteiger partial charge in [0.2, 0.25) is 0 Å². The molecule has 0 bridgehead atoms. The van der Waals surface area contributed by atoms with E-state index in [1.165, 1.54) is 0 Å². The highest BCUT2D eigenvalue weighted by atomic mass is 16.6. The lowest BCUT2D eigenvalue weighted by molar-refractivity contribution is -0.386. The van der Waals surface area contributed by atoms with Crippen LogP contribution in [0.2, 0.25) is 0 Å². The summed E-state index contributed by atoms with van der Waals surface area (Å²) in [5, 5.41) is 15.1. The molecule has 7 nitrogen and oxygen atoms in total. The van der Waals surface area contributed by atoms with Crippen molar-refractivity contribution in [3.05, 3.63) is 15.8 Å². The van der Waals surface area contributed by atoms with E-state index in [0.717, 1.165) is 6.42 Å². The minimum absolute atomic E-state index is 0.0459.